The maximum Gasteiger partial charge on any atom is 0.251 e. The van der Waals surface area contributed by atoms with Crippen LogP contribution in [0.4, 0.5) is 0 Å². The number of para-hydroxylation sites is 2. The van der Waals surface area contributed by atoms with Gasteiger partial charge in [-0.1, -0.05) is 60.7 Å². The van der Waals surface area contributed by atoms with Gasteiger partial charge in [0.2, 0.25) is 0 Å². The maximum absolute atomic E-state index is 12.5. The van der Waals surface area contributed by atoms with Crippen LogP contribution >= 0.6 is 0 Å². The Bertz CT molecular complexity index is 1200. The first-order valence-electron chi connectivity index (χ1n) is 10.3. The van der Waals surface area contributed by atoms with Crippen molar-refractivity contribution in [2.24, 2.45) is 0 Å². The average molecular weight is 412 g/mol. The molecule has 0 fully saturated rings. The summed E-state index contributed by atoms with van der Waals surface area (Å²) in [6.45, 7) is 1.22. The van der Waals surface area contributed by atoms with Crippen molar-refractivity contribution in [2.75, 3.05) is 13.7 Å². The molecule has 0 saturated carbocycles. The molecule has 4 aromatic rings. The van der Waals surface area contributed by atoms with E-state index in [1.165, 1.54) is 5.56 Å². The number of ether oxygens (including phenoxy) is 1. The number of aromatic nitrogens is 2. The second-order valence-electron chi connectivity index (χ2n) is 7.18. The van der Waals surface area contributed by atoms with E-state index in [2.05, 4.69) is 40.2 Å². The third-order valence-electron chi connectivity index (χ3n) is 5.10. The zero-order valence-corrected chi connectivity index (χ0v) is 17.5. The van der Waals surface area contributed by atoms with Gasteiger partial charge < -0.3 is 14.6 Å². The molecule has 0 radical (unpaired) electrons. The molecular weight excluding hydrogens is 386 g/mol. The van der Waals surface area contributed by atoms with Crippen LogP contribution in [-0.4, -0.2) is 29.1 Å². The Morgan fingerprint density at radius 2 is 1.84 bits per heavy atom. The molecule has 0 spiro atoms. The van der Waals surface area contributed by atoms with Crippen molar-refractivity contribution in [1.29, 1.82) is 0 Å². The van der Waals surface area contributed by atoms with Crippen LogP contribution in [0.15, 0.2) is 84.9 Å². The summed E-state index contributed by atoms with van der Waals surface area (Å²) >= 11 is 0. The number of carbonyl (C=O) groups is 1. The lowest BCUT2D eigenvalue weighted by Gasteiger charge is -2.09. The number of nitrogens with one attached hydrogen (secondary N) is 1. The lowest BCUT2D eigenvalue weighted by Crippen LogP contribution is -2.26. The summed E-state index contributed by atoms with van der Waals surface area (Å²) in [5.41, 5.74) is 3.80. The maximum atomic E-state index is 12.5. The Hall–Kier alpha value is -3.86. The first-order chi connectivity index (χ1) is 15.2. The van der Waals surface area contributed by atoms with E-state index in [4.69, 9.17) is 9.72 Å². The second kappa shape index (κ2) is 9.76. The van der Waals surface area contributed by atoms with Gasteiger partial charge in [-0.3, -0.25) is 4.79 Å². The van der Waals surface area contributed by atoms with Crippen molar-refractivity contribution in [3.8, 4) is 5.75 Å². The van der Waals surface area contributed by atoms with Gasteiger partial charge in [-0.15, -0.1) is 0 Å². The molecule has 5 heteroatoms. The number of imidazole rings is 1. The monoisotopic (exact) mass is 411 g/mol. The Morgan fingerprint density at radius 1 is 1.03 bits per heavy atom. The molecule has 1 aromatic heterocycles. The van der Waals surface area contributed by atoms with Gasteiger partial charge in [-0.25, -0.2) is 4.98 Å². The number of rotatable bonds is 8. The van der Waals surface area contributed by atoms with Crippen LogP contribution in [0.1, 0.15) is 21.7 Å². The summed E-state index contributed by atoms with van der Waals surface area (Å²) in [5, 5.41) is 2.99. The Labute approximate surface area is 182 Å². The SMILES string of the molecule is COc1cccc(C(=O)NCCc2nc3ccccc3n2C/C=C/c2ccccc2)c1. The number of benzene rings is 3. The molecule has 156 valence electrons. The number of carbonyl (C=O) groups excluding carboxylic acids is 1. The quantitative estimate of drug-likeness (QED) is 0.456. The highest BCUT2D eigenvalue weighted by atomic mass is 16.5. The highest BCUT2D eigenvalue weighted by molar-refractivity contribution is 5.94. The topological polar surface area (TPSA) is 56.1 Å². The summed E-state index contributed by atoms with van der Waals surface area (Å²) in [5.74, 6) is 1.50. The van der Waals surface area contributed by atoms with Crippen molar-refractivity contribution in [3.63, 3.8) is 0 Å². The average Bonchev–Trinajstić information content (AvgIpc) is 3.17. The Kier molecular flexibility index (Phi) is 6.43. The largest absolute Gasteiger partial charge is 0.497 e. The fourth-order valence-corrected chi connectivity index (χ4v) is 3.53. The lowest BCUT2D eigenvalue weighted by molar-refractivity contribution is 0.0953. The number of nitrogens with zero attached hydrogens (tertiary/aromatic N) is 2. The van der Waals surface area contributed by atoms with Gasteiger partial charge >= 0.3 is 0 Å². The molecule has 5 nitrogen and oxygen atoms in total. The van der Waals surface area contributed by atoms with Gasteiger partial charge in [0.15, 0.2) is 0 Å². The van der Waals surface area contributed by atoms with Gasteiger partial charge in [-0.2, -0.15) is 0 Å². The molecule has 0 unspecified atom stereocenters. The summed E-state index contributed by atoms with van der Waals surface area (Å²) in [7, 11) is 1.59. The lowest BCUT2D eigenvalue weighted by atomic mass is 10.2. The predicted octanol–water partition coefficient (Wildman–Crippen LogP) is 4.73. The standard InChI is InChI=1S/C26H25N3O2/c1-31-22-13-7-12-21(19-22)26(30)27-17-16-25-28-23-14-5-6-15-24(23)29(25)18-8-11-20-9-3-2-4-10-20/h2-15,19H,16-18H2,1H3,(H,27,30)/b11-8+. The molecule has 31 heavy (non-hydrogen) atoms. The molecule has 0 saturated heterocycles. The fraction of sp³-hybridized carbons (Fsp3) is 0.154. The van der Waals surface area contributed by atoms with Crippen LogP contribution in [0.25, 0.3) is 17.1 Å². The molecule has 1 heterocycles. The van der Waals surface area contributed by atoms with Gasteiger partial charge in [0.25, 0.3) is 5.91 Å². The molecule has 1 amide bonds. The number of hydrogen-bond acceptors (Lipinski definition) is 3. The van der Waals surface area contributed by atoms with Crippen LogP contribution < -0.4 is 10.1 Å². The van der Waals surface area contributed by atoms with E-state index >= 15 is 0 Å². The number of methoxy groups -OCH3 is 1. The number of amides is 1. The summed E-state index contributed by atoms with van der Waals surface area (Å²) < 4.78 is 7.40. The molecule has 0 aliphatic carbocycles. The van der Waals surface area contributed by atoms with Gasteiger partial charge in [0.05, 0.1) is 18.1 Å². The molecule has 3 aromatic carbocycles. The second-order valence-corrected chi connectivity index (χ2v) is 7.18. The van der Waals surface area contributed by atoms with Crippen LogP contribution in [0.5, 0.6) is 5.75 Å². The first-order valence-corrected chi connectivity index (χ1v) is 10.3. The minimum Gasteiger partial charge on any atom is -0.497 e. The molecule has 4 rings (SSSR count). The molecule has 0 bridgehead atoms. The van der Waals surface area contributed by atoms with Crippen LogP contribution in [0, 0.1) is 0 Å². The van der Waals surface area contributed by atoms with Crippen molar-refractivity contribution in [2.45, 2.75) is 13.0 Å². The molecule has 0 aliphatic rings. The third kappa shape index (κ3) is 5.01. The van der Waals surface area contributed by atoms with Crippen LogP contribution in [-0.2, 0) is 13.0 Å². The van der Waals surface area contributed by atoms with Gasteiger partial charge in [0.1, 0.15) is 11.6 Å². The smallest absolute Gasteiger partial charge is 0.251 e. The van der Waals surface area contributed by atoms with Crippen molar-refractivity contribution in [1.82, 2.24) is 14.9 Å². The molecule has 0 aliphatic heterocycles. The minimum atomic E-state index is -0.120. The van der Waals surface area contributed by atoms with Crippen molar-refractivity contribution < 1.29 is 9.53 Å². The van der Waals surface area contributed by atoms with E-state index in [1.54, 1.807) is 19.2 Å². The summed E-state index contributed by atoms with van der Waals surface area (Å²) in [4.78, 5) is 17.3. The zero-order chi connectivity index (χ0) is 21.5. The van der Waals surface area contributed by atoms with Crippen molar-refractivity contribution in [3.05, 3.63) is 102 Å². The van der Waals surface area contributed by atoms with Gasteiger partial charge in [-0.05, 0) is 35.9 Å². The normalized spacial score (nSPS) is 11.1. The fourth-order valence-electron chi connectivity index (χ4n) is 3.53. The van der Waals surface area contributed by atoms with Crippen LogP contribution in [0.3, 0.4) is 0 Å². The zero-order valence-electron chi connectivity index (χ0n) is 17.5. The van der Waals surface area contributed by atoms with Gasteiger partial charge in [0, 0.05) is 25.1 Å². The van der Waals surface area contributed by atoms with Crippen LogP contribution in [0.2, 0.25) is 0 Å². The van der Waals surface area contributed by atoms with E-state index in [-0.39, 0.29) is 5.91 Å². The van der Waals surface area contributed by atoms with Crippen molar-refractivity contribution >= 4 is 23.0 Å². The minimum absolute atomic E-state index is 0.120. The Morgan fingerprint density at radius 3 is 2.68 bits per heavy atom. The van der Waals surface area contributed by atoms with E-state index in [9.17, 15) is 4.79 Å². The number of hydrogen-bond donors (Lipinski definition) is 1. The van der Waals surface area contributed by atoms with E-state index in [0.29, 0.717) is 30.8 Å². The van der Waals surface area contributed by atoms with E-state index in [1.807, 2.05) is 48.5 Å². The predicted molar refractivity (Wildman–Crippen MR) is 124 cm³/mol. The Balaban J connectivity index is 1.46. The highest BCUT2D eigenvalue weighted by Crippen LogP contribution is 2.17. The first kappa shape index (κ1) is 20.4. The molecule has 1 N–H and O–H groups in total. The number of allylic oxidation sites excluding steroid dienone is 1. The van der Waals surface area contributed by atoms with E-state index < -0.39 is 0 Å². The number of fused-ring (bicyclic) bond motifs is 1. The summed E-state index contributed by atoms with van der Waals surface area (Å²) in [6, 6.07) is 25.5. The third-order valence-corrected chi connectivity index (χ3v) is 5.10. The molecular formula is C26H25N3O2. The van der Waals surface area contributed by atoms with E-state index in [0.717, 1.165) is 16.9 Å². The molecule has 0 atom stereocenters. The highest BCUT2D eigenvalue weighted by Gasteiger charge is 2.11. The summed E-state index contributed by atoms with van der Waals surface area (Å²) in [6.07, 6.45) is 4.90.